The van der Waals surface area contributed by atoms with Gasteiger partial charge in [-0.2, -0.15) is 0 Å². The maximum atomic E-state index is 12.3. The summed E-state index contributed by atoms with van der Waals surface area (Å²) in [5.74, 6) is 0.804. The first-order chi connectivity index (χ1) is 14.1. The zero-order valence-corrected chi connectivity index (χ0v) is 16.6. The van der Waals surface area contributed by atoms with Crippen LogP contribution in [-0.4, -0.2) is 38.4 Å². The minimum absolute atomic E-state index is 0.00369. The van der Waals surface area contributed by atoms with Gasteiger partial charge < -0.3 is 25.0 Å². The topological polar surface area (TPSA) is 79.9 Å². The minimum Gasteiger partial charge on any atom is -0.445 e. The van der Waals surface area contributed by atoms with E-state index >= 15 is 0 Å². The van der Waals surface area contributed by atoms with Crippen LogP contribution in [0.4, 0.5) is 15.3 Å². The summed E-state index contributed by atoms with van der Waals surface area (Å²) in [6, 6.07) is 15.5. The number of ether oxygens (including phenoxy) is 2. The van der Waals surface area contributed by atoms with E-state index in [4.69, 9.17) is 9.47 Å². The van der Waals surface area contributed by atoms with Gasteiger partial charge in [-0.1, -0.05) is 30.3 Å². The second-order valence-corrected chi connectivity index (χ2v) is 7.46. The lowest BCUT2D eigenvalue weighted by Gasteiger charge is -2.28. The van der Waals surface area contributed by atoms with Crippen molar-refractivity contribution in [3.05, 3.63) is 59.7 Å². The molecule has 1 aliphatic carbocycles. The van der Waals surface area contributed by atoms with Crippen LogP contribution >= 0.6 is 0 Å². The van der Waals surface area contributed by atoms with Gasteiger partial charge in [0.1, 0.15) is 12.4 Å². The Labute approximate surface area is 170 Å². The van der Waals surface area contributed by atoms with E-state index in [1.807, 2.05) is 49.5 Å². The number of carbonyl (C=O) groups is 2. The monoisotopic (exact) mass is 395 g/mol. The van der Waals surface area contributed by atoms with E-state index in [-0.39, 0.29) is 24.6 Å². The van der Waals surface area contributed by atoms with Crippen molar-refractivity contribution < 1.29 is 19.1 Å². The molecule has 0 aromatic heterocycles. The van der Waals surface area contributed by atoms with Gasteiger partial charge in [0, 0.05) is 25.7 Å². The maximum absolute atomic E-state index is 12.3. The molecular formula is C22H25N3O4. The number of hydrogen-bond donors (Lipinski definition) is 2. The fourth-order valence-electron chi connectivity index (χ4n) is 4.47. The number of benzene rings is 2. The molecule has 7 nitrogen and oxygen atoms in total. The Hall–Kier alpha value is -3.22. The first-order valence-corrected chi connectivity index (χ1v) is 9.80. The summed E-state index contributed by atoms with van der Waals surface area (Å²) < 4.78 is 10.7. The molecule has 2 aliphatic rings. The molecule has 0 spiro atoms. The zero-order chi connectivity index (χ0) is 20.4. The number of amides is 2. The Morgan fingerprint density at radius 3 is 2.66 bits per heavy atom. The molecule has 7 heteroatoms. The quantitative estimate of drug-likeness (QED) is 0.830. The summed E-state index contributed by atoms with van der Waals surface area (Å²) in [4.78, 5) is 26.0. The van der Waals surface area contributed by atoms with Gasteiger partial charge in [-0.15, -0.1) is 0 Å². The van der Waals surface area contributed by atoms with Crippen molar-refractivity contribution in [2.24, 2.45) is 0 Å². The van der Waals surface area contributed by atoms with Gasteiger partial charge >= 0.3 is 12.2 Å². The Kier molecular flexibility index (Phi) is 5.29. The van der Waals surface area contributed by atoms with Crippen molar-refractivity contribution in [3.8, 4) is 5.75 Å². The molecule has 29 heavy (non-hydrogen) atoms. The predicted octanol–water partition coefficient (Wildman–Crippen LogP) is 3.40. The van der Waals surface area contributed by atoms with Gasteiger partial charge in [-0.05, 0) is 42.2 Å². The second kappa shape index (κ2) is 8.03. The number of likely N-dealkylation sites (N-methyl/N-ethyl adjacent to an activating group) is 1. The summed E-state index contributed by atoms with van der Waals surface area (Å²) in [5, 5.41) is 5.50. The number of anilines is 1. The Morgan fingerprint density at radius 2 is 1.90 bits per heavy atom. The van der Waals surface area contributed by atoms with Crippen molar-refractivity contribution >= 4 is 17.9 Å². The first kappa shape index (κ1) is 19.1. The fraction of sp³-hybridized carbons (Fsp3) is 0.364. The van der Waals surface area contributed by atoms with Crippen LogP contribution in [0.1, 0.15) is 29.9 Å². The zero-order valence-electron chi connectivity index (χ0n) is 16.6. The van der Waals surface area contributed by atoms with Crippen molar-refractivity contribution in [3.63, 3.8) is 0 Å². The van der Waals surface area contributed by atoms with Crippen LogP contribution in [0.3, 0.4) is 0 Å². The first-order valence-electron chi connectivity index (χ1n) is 9.80. The van der Waals surface area contributed by atoms with Crippen LogP contribution in [0.25, 0.3) is 0 Å². The molecule has 1 heterocycles. The van der Waals surface area contributed by atoms with Gasteiger partial charge in [0.2, 0.25) is 0 Å². The van der Waals surface area contributed by atoms with Gasteiger partial charge in [0.05, 0.1) is 12.1 Å². The fourth-order valence-corrected chi connectivity index (χ4v) is 4.47. The number of carbonyl (C=O) groups excluding carboxylic acids is 2. The van der Waals surface area contributed by atoms with Crippen molar-refractivity contribution in [2.75, 3.05) is 19.0 Å². The van der Waals surface area contributed by atoms with Crippen molar-refractivity contribution in [2.45, 2.75) is 37.5 Å². The Bertz CT molecular complexity index is 902. The lowest BCUT2D eigenvalue weighted by Crippen LogP contribution is -2.47. The van der Waals surface area contributed by atoms with Crippen LogP contribution < -0.4 is 20.3 Å². The highest BCUT2D eigenvalue weighted by atomic mass is 16.6. The molecule has 2 aromatic carbocycles. The van der Waals surface area contributed by atoms with Crippen molar-refractivity contribution in [1.82, 2.24) is 10.6 Å². The molecule has 0 saturated heterocycles. The van der Waals surface area contributed by atoms with Gasteiger partial charge in [-0.25, -0.2) is 9.59 Å². The molecule has 152 valence electrons. The molecule has 3 unspecified atom stereocenters. The van der Waals surface area contributed by atoms with Crippen LogP contribution in [0, 0.1) is 0 Å². The summed E-state index contributed by atoms with van der Waals surface area (Å²) in [6.07, 6.45) is 0.947. The van der Waals surface area contributed by atoms with Crippen LogP contribution in [-0.2, 0) is 11.3 Å². The minimum atomic E-state index is -0.486. The highest BCUT2D eigenvalue weighted by Gasteiger charge is 2.46. The SMILES string of the molecule is CNC(=O)Oc1ccc2c(c1)C1CCC(NC(=O)OCc3ccccc3)C1N2C. The summed E-state index contributed by atoms with van der Waals surface area (Å²) in [7, 11) is 3.57. The maximum Gasteiger partial charge on any atom is 0.412 e. The largest absolute Gasteiger partial charge is 0.445 e. The molecule has 4 rings (SSSR count). The number of nitrogens with one attached hydrogen (secondary N) is 2. The van der Waals surface area contributed by atoms with Gasteiger partial charge in [0.25, 0.3) is 0 Å². The molecule has 2 N–H and O–H groups in total. The summed E-state index contributed by atoms with van der Waals surface area (Å²) >= 11 is 0. The number of fused-ring (bicyclic) bond motifs is 3. The second-order valence-electron chi connectivity index (χ2n) is 7.46. The molecule has 1 saturated carbocycles. The van der Waals surface area contributed by atoms with Crippen LogP contribution in [0.2, 0.25) is 0 Å². The molecule has 1 fully saturated rings. The normalized spacial score (nSPS) is 21.9. The lowest BCUT2D eigenvalue weighted by atomic mass is 9.97. The van der Waals surface area contributed by atoms with E-state index in [1.165, 1.54) is 7.05 Å². The van der Waals surface area contributed by atoms with Crippen LogP contribution in [0.5, 0.6) is 5.75 Å². The smallest absolute Gasteiger partial charge is 0.412 e. The molecule has 3 atom stereocenters. The molecule has 0 radical (unpaired) electrons. The van der Waals surface area contributed by atoms with E-state index in [0.29, 0.717) is 5.75 Å². The Balaban J connectivity index is 1.41. The van der Waals surface area contributed by atoms with Crippen molar-refractivity contribution in [1.29, 1.82) is 0 Å². The van der Waals surface area contributed by atoms with E-state index in [0.717, 1.165) is 29.7 Å². The standard InChI is InChI=1S/C22H25N3O4/c1-23-21(26)29-15-8-11-19-17(12-15)16-9-10-18(20(16)25(19)2)24-22(27)28-13-14-6-4-3-5-7-14/h3-8,11-12,16,18,20H,9-10,13H2,1-2H3,(H,23,26)(H,24,27). The number of rotatable bonds is 4. The third kappa shape index (κ3) is 3.85. The summed E-state index contributed by atoms with van der Waals surface area (Å²) in [6.45, 7) is 0.254. The summed E-state index contributed by atoms with van der Waals surface area (Å²) in [5.41, 5.74) is 3.22. The van der Waals surface area contributed by atoms with E-state index < -0.39 is 12.2 Å². The molecule has 1 aliphatic heterocycles. The highest BCUT2D eigenvalue weighted by Crippen LogP contribution is 2.49. The van der Waals surface area contributed by atoms with Gasteiger partial charge in [-0.3, -0.25) is 0 Å². The van der Waals surface area contributed by atoms with Gasteiger partial charge in [0.15, 0.2) is 0 Å². The highest BCUT2D eigenvalue weighted by molar-refractivity contribution is 5.72. The van der Waals surface area contributed by atoms with Crippen LogP contribution in [0.15, 0.2) is 48.5 Å². The van der Waals surface area contributed by atoms with E-state index in [9.17, 15) is 9.59 Å². The predicted molar refractivity (Wildman–Crippen MR) is 109 cm³/mol. The lowest BCUT2D eigenvalue weighted by molar-refractivity contribution is 0.135. The van der Waals surface area contributed by atoms with E-state index in [1.54, 1.807) is 6.07 Å². The molecule has 2 amide bonds. The third-order valence-corrected chi connectivity index (χ3v) is 5.77. The molecule has 2 aromatic rings. The Morgan fingerprint density at radius 1 is 1.10 bits per heavy atom. The average Bonchev–Trinajstić information content (AvgIpc) is 3.27. The molecule has 0 bridgehead atoms. The average molecular weight is 395 g/mol. The molecular weight excluding hydrogens is 370 g/mol. The van der Waals surface area contributed by atoms with E-state index in [2.05, 4.69) is 15.5 Å². The number of alkyl carbamates (subject to hydrolysis) is 1. The third-order valence-electron chi connectivity index (χ3n) is 5.77. The number of hydrogen-bond acceptors (Lipinski definition) is 5. The number of nitrogens with zero attached hydrogens (tertiary/aromatic N) is 1.